The van der Waals surface area contributed by atoms with Crippen molar-refractivity contribution in [2.75, 3.05) is 26.3 Å². The summed E-state index contributed by atoms with van der Waals surface area (Å²) in [6.07, 6.45) is 0.335. The van der Waals surface area contributed by atoms with Crippen LogP contribution in [0.15, 0.2) is 54.6 Å². The van der Waals surface area contributed by atoms with Gasteiger partial charge in [-0.3, -0.25) is 4.79 Å². The molecule has 0 radical (unpaired) electrons. The number of carbonyl (C=O) groups excluding carboxylic acids is 1. The van der Waals surface area contributed by atoms with Gasteiger partial charge in [-0.15, -0.1) is 0 Å². The molecule has 2 N–H and O–H groups in total. The molecule has 31 heavy (non-hydrogen) atoms. The van der Waals surface area contributed by atoms with Crippen LogP contribution in [0.1, 0.15) is 28.1 Å². The average Bonchev–Trinajstić information content (AvgIpc) is 3.08. The summed E-state index contributed by atoms with van der Waals surface area (Å²) in [5.74, 6) is 0.0207. The van der Waals surface area contributed by atoms with Crippen molar-refractivity contribution in [3.8, 4) is 5.69 Å². The lowest BCUT2D eigenvalue weighted by atomic mass is 10.1. The zero-order valence-electron chi connectivity index (χ0n) is 18.4. The molecule has 1 aliphatic heterocycles. The Kier molecular flexibility index (Phi) is 6.79. The van der Waals surface area contributed by atoms with Gasteiger partial charge < -0.3 is 15.0 Å². The first-order valence-corrected chi connectivity index (χ1v) is 11.0. The molecule has 6 heteroatoms. The highest BCUT2D eigenvalue weighted by atomic mass is 16.5. The molecule has 0 unspecified atom stereocenters. The number of hydrogen-bond acceptors (Lipinski definition) is 3. The third kappa shape index (κ3) is 5.21. The molecule has 0 saturated carbocycles. The Morgan fingerprint density at radius 2 is 1.71 bits per heavy atom. The molecule has 1 saturated heterocycles. The second-order valence-corrected chi connectivity index (χ2v) is 8.16. The third-order valence-corrected chi connectivity index (χ3v) is 6.01. The van der Waals surface area contributed by atoms with E-state index in [0.717, 1.165) is 55.5 Å². The van der Waals surface area contributed by atoms with Crippen molar-refractivity contribution < 1.29 is 14.4 Å². The van der Waals surface area contributed by atoms with Gasteiger partial charge >= 0.3 is 0 Å². The van der Waals surface area contributed by atoms with Gasteiger partial charge in [0, 0.05) is 23.4 Å². The Morgan fingerprint density at radius 1 is 1.03 bits per heavy atom. The van der Waals surface area contributed by atoms with Crippen LogP contribution < -0.4 is 10.2 Å². The Hall–Kier alpha value is -2.96. The summed E-state index contributed by atoms with van der Waals surface area (Å²) in [6, 6.07) is 18.4. The molecule has 1 aliphatic rings. The molecule has 162 valence electrons. The highest BCUT2D eigenvalue weighted by molar-refractivity contribution is 5.79. The summed E-state index contributed by atoms with van der Waals surface area (Å²) in [5.41, 5.74) is 6.39. The molecule has 6 nitrogen and oxygen atoms in total. The maximum atomic E-state index is 12.8. The zero-order chi connectivity index (χ0) is 21.6. The van der Waals surface area contributed by atoms with Crippen molar-refractivity contribution in [3.05, 3.63) is 82.7 Å². The summed E-state index contributed by atoms with van der Waals surface area (Å²) in [4.78, 5) is 14.3. The second kappa shape index (κ2) is 9.90. The van der Waals surface area contributed by atoms with Crippen LogP contribution in [0.3, 0.4) is 0 Å². The molecule has 0 bridgehead atoms. The number of hydrogen-bond donors (Lipinski definition) is 2. The minimum Gasteiger partial charge on any atom is -0.370 e. The van der Waals surface area contributed by atoms with Gasteiger partial charge in [0.25, 0.3) is 0 Å². The van der Waals surface area contributed by atoms with Gasteiger partial charge in [-0.05, 0) is 31.5 Å². The largest absolute Gasteiger partial charge is 0.370 e. The molecule has 0 spiro atoms. The Labute approximate surface area is 183 Å². The number of ether oxygens (including phenoxy) is 1. The molecule has 0 atom stereocenters. The van der Waals surface area contributed by atoms with Crippen LogP contribution in [0.4, 0.5) is 0 Å². The van der Waals surface area contributed by atoms with E-state index in [2.05, 4.69) is 28.6 Å². The van der Waals surface area contributed by atoms with E-state index in [1.165, 1.54) is 16.0 Å². The van der Waals surface area contributed by atoms with Crippen molar-refractivity contribution >= 4 is 5.91 Å². The van der Waals surface area contributed by atoms with Gasteiger partial charge in [-0.2, -0.15) is 5.10 Å². The molecule has 0 aliphatic carbocycles. The number of amides is 1. The molecule has 4 rings (SSSR count). The van der Waals surface area contributed by atoms with E-state index >= 15 is 0 Å². The first-order valence-electron chi connectivity index (χ1n) is 11.0. The van der Waals surface area contributed by atoms with Crippen molar-refractivity contribution in [1.82, 2.24) is 15.1 Å². The van der Waals surface area contributed by atoms with Crippen LogP contribution in [0.25, 0.3) is 5.69 Å². The summed E-state index contributed by atoms with van der Waals surface area (Å²) in [7, 11) is 0. The van der Waals surface area contributed by atoms with Crippen LogP contribution in [0.5, 0.6) is 0 Å². The van der Waals surface area contributed by atoms with E-state index in [1.54, 1.807) is 0 Å². The second-order valence-electron chi connectivity index (χ2n) is 8.16. The maximum absolute atomic E-state index is 12.8. The van der Waals surface area contributed by atoms with Gasteiger partial charge in [-0.25, -0.2) is 4.68 Å². The number of nitrogens with one attached hydrogen (secondary N) is 2. The fraction of sp³-hybridized carbons (Fsp3) is 0.360. The van der Waals surface area contributed by atoms with Crippen molar-refractivity contribution in [1.29, 1.82) is 0 Å². The fourth-order valence-corrected chi connectivity index (χ4v) is 4.18. The summed E-state index contributed by atoms with van der Waals surface area (Å²) >= 11 is 0. The van der Waals surface area contributed by atoms with Gasteiger partial charge in [0.2, 0.25) is 5.91 Å². The number of benzene rings is 2. The van der Waals surface area contributed by atoms with E-state index in [4.69, 9.17) is 4.74 Å². The first kappa shape index (κ1) is 21.3. The third-order valence-electron chi connectivity index (χ3n) is 6.01. The van der Waals surface area contributed by atoms with E-state index in [0.29, 0.717) is 13.0 Å². The predicted octanol–water partition coefficient (Wildman–Crippen LogP) is 1.76. The molecular formula is C25H31N4O2+. The molecule has 1 aromatic heterocycles. The van der Waals surface area contributed by atoms with E-state index in [1.807, 2.05) is 54.9 Å². The highest BCUT2D eigenvalue weighted by Crippen LogP contribution is 2.18. The van der Waals surface area contributed by atoms with Crippen LogP contribution in [-0.4, -0.2) is 42.0 Å². The smallest absolute Gasteiger partial charge is 0.224 e. The number of para-hydroxylation sites is 1. The van der Waals surface area contributed by atoms with Gasteiger partial charge in [0.05, 0.1) is 31.0 Å². The van der Waals surface area contributed by atoms with E-state index in [9.17, 15) is 4.79 Å². The topological polar surface area (TPSA) is 60.6 Å². The van der Waals surface area contributed by atoms with Crippen molar-refractivity contribution in [2.45, 2.75) is 33.4 Å². The number of nitrogens with zero attached hydrogens (tertiary/aromatic N) is 2. The molecule has 2 aromatic carbocycles. The number of carbonyl (C=O) groups is 1. The standard InChI is InChI=1S/C25H30N4O2/c1-19-24(20(2)29(27-19)23-10-4-3-5-11-23)16-25(30)26-17-21-8-6-7-9-22(21)18-28-12-14-31-15-13-28/h3-11H,12-18H2,1-2H3,(H,26,30)/p+1. The van der Waals surface area contributed by atoms with Crippen molar-refractivity contribution in [2.24, 2.45) is 0 Å². The Balaban J connectivity index is 1.40. The molecular weight excluding hydrogens is 388 g/mol. The van der Waals surface area contributed by atoms with Crippen LogP contribution in [0, 0.1) is 13.8 Å². The lowest BCUT2D eigenvalue weighted by Crippen LogP contribution is -3.12. The summed E-state index contributed by atoms with van der Waals surface area (Å²) in [6.45, 7) is 9.22. The molecule has 1 amide bonds. The van der Waals surface area contributed by atoms with E-state index < -0.39 is 0 Å². The van der Waals surface area contributed by atoms with Gasteiger partial charge in [0.15, 0.2) is 0 Å². The van der Waals surface area contributed by atoms with Gasteiger partial charge in [0.1, 0.15) is 19.6 Å². The molecule has 2 heterocycles. The maximum Gasteiger partial charge on any atom is 0.224 e. The SMILES string of the molecule is Cc1nn(-c2ccccc2)c(C)c1CC(=O)NCc1ccccc1C[NH+]1CCOCC1. The molecule has 1 fully saturated rings. The minimum atomic E-state index is 0.0207. The predicted molar refractivity (Wildman–Crippen MR) is 120 cm³/mol. The fourth-order valence-electron chi connectivity index (χ4n) is 4.18. The highest BCUT2D eigenvalue weighted by Gasteiger charge is 2.18. The Bertz CT molecular complexity index is 1020. The quantitative estimate of drug-likeness (QED) is 0.614. The summed E-state index contributed by atoms with van der Waals surface area (Å²) < 4.78 is 7.38. The number of aryl methyl sites for hydroxylation is 1. The average molecular weight is 420 g/mol. The van der Waals surface area contributed by atoms with Crippen LogP contribution in [-0.2, 0) is 29.0 Å². The van der Waals surface area contributed by atoms with Crippen LogP contribution in [0.2, 0.25) is 0 Å². The lowest BCUT2D eigenvalue weighted by Gasteiger charge is -2.24. The monoisotopic (exact) mass is 419 g/mol. The number of morpholine rings is 1. The van der Waals surface area contributed by atoms with Gasteiger partial charge in [-0.1, -0.05) is 42.5 Å². The minimum absolute atomic E-state index is 0.0207. The number of aromatic nitrogens is 2. The molecule has 3 aromatic rings. The lowest BCUT2D eigenvalue weighted by molar-refractivity contribution is -0.921. The number of rotatable bonds is 7. The first-order chi connectivity index (χ1) is 15.1. The number of quaternary nitrogens is 1. The van der Waals surface area contributed by atoms with E-state index in [-0.39, 0.29) is 5.91 Å². The zero-order valence-corrected chi connectivity index (χ0v) is 18.4. The Morgan fingerprint density at radius 3 is 2.45 bits per heavy atom. The normalized spacial score (nSPS) is 14.5. The summed E-state index contributed by atoms with van der Waals surface area (Å²) in [5, 5.41) is 7.77. The van der Waals surface area contributed by atoms with Crippen LogP contribution >= 0.6 is 0 Å². The van der Waals surface area contributed by atoms with Crippen molar-refractivity contribution in [3.63, 3.8) is 0 Å².